The number of aryl methyl sites for hydroxylation is 1. The highest BCUT2D eigenvalue weighted by Crippen LogP contribution is 2.41. The SMILES string of the molecule is CCOC(=O)CCCn1ccnc1CN(Cc1ccc(CN2CCC3(CCN(CC(C)(C)C)CC3)C2)cc1)Cc1ncc[nH]1. The van der Waals surface area contributed by atoms with Crippen LogP contribution in [0.15, 0.2) is 49.1 Å². The van der Waals surface area contributed by atoms with Crippen LogP contribution in [0.25, 0.3) is 0 Å². The van der Waals surface area contributed by atoms with E-state index in [-0.39, 0.29) is 5.97 Å². The molecule has 2 aliphatic heterocycles. The predicted octanol–water partition coefficient (Wildman–Crippen LogP) is 5.49. The monoisotopic (exact) mass is 603 g/mol. The van der Waals surface area contributed by atoms with Gasteiger partial charge in [-0.25, -0.2) is 9.97 Å². The van der Waals surface area contributed by atoms with Crippen LogP contribution in [0.3, 0.4) is 0 Å². The predicted molar refractivity (Wildman–Crippen MR) is 174 cm³/mol. The van der Waals surface area contributed by atoms with Crippen molar-refractivity contribution in [2.75, 3.05) is 39.3 Å². The number of likely N-dealkylation sites (tertiary alicyclic amines) is 2. The first-order valence-corrected chi connectivity index (χ1v) is 16.6. The Hall–Kier alpha value is -3.01. The number of hydrogen-bond acceptors (Lipinski definition) is 7. The Labute approximate surface area is 264 Å². The lowest BCUT2D eigenvalue weighted by Crippen LogP contribution is -2.44. The number of carbonyl (C=O) groups excluding carboxylic acids is 1. The zero-order valence-corrected chi connectivity index (χ0v) is 27.4. The van der Waals surface area contributed by atoms with Gasteiger partial charge in [-0.15, -0.1) is 0 Å². The highest BCUT2D eigenvalue weighted by molar-refractivity contribution is 5.69. The zero-order chi connectivity index (χ0) is 31.0. The van der Waals surface area contributed by atoms with Gasteiger partial charge in [0.2, 0.25) is 0 Å². The van der Waals surface area contributed by atoms with Gasteiger partial charge in [0.15, 0.2) is 0 Å². The first-order valence-electron chi connectivity index (χ1n) is 16.6. The van der Waals surface area contributed by atoms with Crippen LogP contribution in [-0.2, 0) is 42.3 Å². The second-order valence-electron chi connectivity index (χ2n) is 14.2. The summed E-state index contributed by atoms with van der Waals surface area (Å²) in [4.78, 5) is 31.9. The van der Waals surface area contributed by atoms with Gasteiger partial charge in [-0.1, -0.05) is 45.0 Å². The number of rotatable bonds is 14. The van der Waals surface area contributed by atoms with Crippen LogP contribution < -0.4 is 0 Å². The number of ether oxygens (including phenoxy) is 1. The first kappa shape index (κ1) is 32.4. The summed E-state index contributed by atoms with van der Waals surface area (Å²) in [7, 11) is 0. The minimum atomic E-state index is -0.141. The molecule has 2 aliphatic rings. The number of esters is 1. The van der Waals surface area contributed by atoms with Gasteiger partial charge in [0.05, 0.1) is 19.7 Å². The van der Waals surface area contributed by atoms with Gasteiger partial charge >= 0.3 is 5.97 Å². The summed E-state index contributed by atoms with van der Waals surface area (Å²) in [5, 5.41) is 0. The number of imidazole rings is 2. The van der Waals surface area contributed by atoms with E-state index >= 15 is 0 Å². The molecule has 3 aromatic rings. The fourth-order valence-electron chi connectivity index (χ4n) is 6.98. The van der Waals surface area contributed by atoms with E-state index in [0.717, 1.165) is 37.7 Å². The van der Waals surface area contributed by atoms with Crippen molar-refractivity contribution in [3.05, 3.63) is 71.8 Å². The Morgan fingerprint density at radius 3 is 2.39 bits per heavy atom. The minimum absolute atomic E-state index is 0.141. The smallest absolute Gasteiger partial charge is 0.305 e. The molecule has 5 rings (SSSR count). The topological polar surface area (TPSA) is 82.5 Å². The minimum Gasteiger partial charge on any atom is -0.466 e. The normalized spacial score (nSPS) is 17.6. The molecule has 0 bridgehead atoms. The van der Waals surface area contributed by atoms with Gasteiger partial charge in [-0.2, -0.15) is 0 Å². The zero-order valence-electron chi connectivity index (χ0n) is 27.4. The third-order valence-corrected chi connectivity index (χ3v) is 9.15. The molecule has 0 amide bonds. The summed E-state index contributed by atoms with van der Waals surface area (Å²) in [6, 6.07) is 9.20. The van der Waals surface area contributed by atoms with Crippen molar-refractivity contribution in [3.63, 3.8) is 0 Å². The van der Waals surface area contributed by atoms with Crippen LogP contribution in [0.2, 0.25) is 0 Å². The van der Waals surface area contributed by atoms with Crippen molar-refractivity contribution in [2.24, 2.45) is 10.8 Å². The van der Waals surface area contributed by atoms with E-state index in [9.17, 15) is 4.79 Å². The summed E-state index contributed by atoms with van der Waals surface area (Å²) in [6.07, 6.45) is 12.7. The molecule has 240 valence electrons. The summed E-state index contributed by atoms with van der Waals surface area (Å²) in [6.45, 7) is 19.5. The second-order valence-corrected chi connectivity index (χ2v) is 14.2. The van der Waals surface area contributed by atoms with Crippen molar-refractivity contribution in [2.45, 2.75) is 92.5 Å². The van der Waals surface area contributed by atoms with E-state index < -0.39 is 0 Å². The summed E-state index contributed by atoms with van der Waals surface area (Å²) < 4.78 is 7.23. The number of benzene rings is 1. The number of nitrogens with one attached hydrogen (secondary N) is 1. The lowest BCUT2D eigenvalue weighted by atomic mass is 9.77. The number of H-pyrrole nitrogens is 1. The molecule has 1 N–H and O–H groups in total. The van der Waals surface area contributed by atoms with E-state index in [1.54, 1.807) is 6.20 Å². The second kappa shape index (κ2) is 14.8. The maximum atomic E-state index is 11.8. The molecule has 9 nitrogen and oxygen atoms in total. The number of nitrogens with zero attached hydrogens (tertiary/aromatic N) is 6. The fraction of sp³-hybridized carbons (Fsp3) is 0.629. The van der Waals surface area contributed by atoms with Crippen LogP contribution in [-0.4, -0.2) is 79.5 Å². The summed E-state index contributed by atoms with van der Waals surface area (Å²) in [5.74, 6) is 1.79. The van der Waals surface area contributed by atoms with Gasteiger partial charge in [0, 0.05) is 63.9 Å². The summed E-state index contributed by atoms with van der Waals surface area (Å²) >= 11 is 0. The number of hydrogen-bond donors (Lipinski definition) is 1. The van der Waals surface area contributed by atoms with E-state index in [0.29, 0.717) is 36.9 Å². The molecule has 9 heteroatoms. The molecule has 2 aromatic heterocycles. The Kier molecular flexibility index (Phi) is 10.9. The Bertz CT molecular complexity index is 1290. The number of piperidine rings is 1. The lowest BCUT2D eigenvalue weighted by molar-refractivity contribution is -0.143. The molecule has 0 aliphatic carbocycles. The maximum absolute atomic E-state index is 11.8. The fourth-order valence-corrected chi connectivity index (χ4v) is 6.98. The van der Waals surface area contributed by atoms with Gasteiger partial charge < -0.3 is 19.2 Å². The third-order valence-electron chi connectivity index (χ3n) is 9.15. The standard InChI is InChI=1S/C35H53N7O2/c1-5-44-33(43)7-6-18-42-22-17-38-32(42)26-41(25-31-36-15-16-37-31)24-30-10-8-29(9-11-30)23-40-21-14-35(28-40)12-19-39(20-13-35)27-34(2,3)4/h8-11,15-17,22H,5-7,12-14,18-21,23-28H2,1-4H3,(H,36,37). The van der Waals surface area contributed by atoms with Gasteiger partial charge in [0.25, 0.3) is 0 Å². The molecule has 44 heavy (non-hydrogen) atoms. The molecular weight excluding hydrogens is 550 g/mol. The van der Waals surface area contributed by atoms with Crippen LogP contribution in [0, 0.1) is 10.8 Å². The molecule has 0 atom stereocenters. The van der Waals surface area contributed by atoms with Crippen molar-refractivity contribution in [3.8, 4) is 0 Å². The van der Waals surface area contributed by atoms with Crippen molar-refractivity contribution in [1.82, 2.24) is 34.2 Å². The van der Waals surface area contributed by atoms with Crippen molar-refractivity contribution < 1.29 is 9.53 Å². The van der Waals surface area contributed by atoms with Crippen LogP contribution >= 0.6 is 0 Å². The molecule has 0 saturated carbocycles. The number of aromatic nitrogens is 4. The Morgan fingerprint density at radius 2 is 1.70 bits per heavy atom. The summed E-state index contributed by atoms with van der Waals surface area (Å²) in [5.41, 5.74) is 3.57. The lowest BCUT2D eigenvalue weighted by Gasteiger charge is -2.41. The number of aromatic amines is 1. The van der Waals surface area contributed by atoms with Crippen molar-refractivity contribution in [1.29, 1.82) is 0 Å². The van der Waals surface area contributed by atoms with E-state index in [1.807, 2.05) is 25.5 Å². The van der Waals surface area contributed by atoms with Crippen molar-refractivity contribution >= 4 is 5.97 Å². The first-order chi connectivity index (χ1) is 21.2. The average molecular weight is 604 g/mol. The molecule has 0 radical (unpaired) electrons. The van der Waals surface area contributed by atoms with Crippen LogP contribution in [0.1, 0.15) is 82.6 Å². The molecule has 1 spiro atoms. The van der Waals surface area contributed by atoms with Crippen LogP contribution in [0.4, 0.5) is 0 Å². The molecule has 4 heterocycles. The third kappa shape index (κ3) is 9.49. The molecule has 2 fully saturated rings. The Balaban J connectivity index is 1.14. The highest BCUT2D eigenvalue weighted by atomic mass is 16.5. The quantitative estimate of drug-likeness (QED) is 0.244. The number of carbonyl (C=O) groups is 1. The Morgan fingerprint density at radius 1 is 0.977 bits per heavy atom. The van der Waals surface area contributed by atoms with E-state index in [4.69, 9.17) is 4.74 Å². The molecular formula is C35H53N7O2. The highest BCUT2D eigenvalue weighted by Gasteiger charge is 2.40. The van der Waals surface area contributed by atoms with Gasteiger partial charge in [-0.3, -0.25) is 14.6 Å². The average Bonchev–Trinajstić information content (AvgIpc) is 3.74. The van der Waals surface area contributed by atoms with Crippen LogP contribution in [0.5, 0.6) is 0 Å². The largest absolute Gasteiger partial charge is 0.466 e. The molecule has 1 aromatic carbocycles. The van der Waals surface area contributed by atoms with E-state index in [1.165, 1.54) is 63.1 Å². The van der Waals surface area contributed by atoms with Gasteiger partial charge in [-0.05, 0) is 74.2 Å². The van der Waals surface area contributed by atoms with E-state index in [2.05, 4.69) is 79.3 Å². The maximum Gasteiger partial charge on any atom is 0.305 e. The molecule has 0 unspecified atom stereocenters. The molecule has 2 saturated heterocycles. The van der Waals surface area contributed by atoms with Gasteiger partial charge in [0.1, 0.15) is 11.6 Å².